The summed E-state index contributed by atoms with van der Waals surface area (Å²) < 4.78 is 0. The fourth-order valence-electron chi connectivity index (χ4n) is 0.920. The van der Waals surface area contributed by atoms with Gasteiger partial charge in [-0.2, -0.15) is 0 Å². The van der Waals surface area contributed by atoms with Gasteiger partial charge in [0.25, 0.3) is 0 Å². The van der Waals surface area contributed by atoms with Crippen molar-refractivity contribution in [2.75, 3.05) is 6.61 Å². The molecule has 0 aromatic carbocycles. The Morgan fingerprint density at radius 3 is 2.21 bits per heavy atom. The van der Waals surface area contributed by atoms with E-state index in [1.54, 1.807) is 0 Å². The number of aliphatic hydroxyl groups is 4. The van der Waals surface area contributed by atoms with Gasteiger partial charge in [-0.1, -0.05) is 0 Å². The highest BCUT2D eigenvalue weighted by atomic mass is 16.4. The van der Waals surface area contributed by atoms with Gasteiger partial charge in [-0.05, 0) is 6.92 Å². The molecule has 6 nitrogen and oxygen atoms in total. The SMILES string of the molecule is [CH2]C(NC(C)=O)C(O)C(O)C(O)CO. The van der Waals surface area contributed by atoms with E-state index in [1.807, 2.05) is 0 Å². The van der Waals surface area contributed by atoms with Gasteiger partial charge < -0.3 is 25.7 Å². The van der Waals surface area contributed by atoms with Crippen molar-refractivity contribution in [2.45, 2.75) is 31.3 Å². The molecule has 0 bridgehead atoms. The smallest absolute Gasteiger partial charge is 0.217 e. The second-order valence-electron chi connectivity index (χ2n) is 3.04. The molecule has 0 aromatic rings. The number of carbonyl (C=O) groups excluding carboxylic acids is 1. The zero-order valence-corrected chi connectivity index (χ0v) is 7.92. The Morgan fingerprint density at radius 2 is 1.86 bits per heavy atom. The van der Waals surface area contributed by atoms with Crippen molar-refractivity contribution in [3.8, 4) is 0 Å². The zero-order valence-electron chi connectivity index (χ0n) is 7.92. The highest BCUT2D eigenvalue weighted by Gasteiger charge is 2.28. The fourth-order valence-corrected chi connectivity index (χ4v) is 0.920. The lowest BCUT2D eigenvalue weighted by Gasteiger charge is -2.26. The molecule has 5 N–H and O–H groups in total. The van der Waals surface area contributed by atoms with Crippen molar-refractivity contribution in [1.82, 2.24) is 5.32 Å². The summed E-state index contributed by atoms with van der Waals surface area (Å²) in [6.07, 6.45) is -4.43. The van der Waals surface area contributed by atoms with Crippen LogP contribution in [0, 0.1) is 6.92 Å². The number of amides is 1. The van der Waals surface area contributed by atoms with Gasteiger partial charge in [0.05, 0.1) is 12.6 Å². The molecule has 0 saturated heterocycles. The molecule has 0 rings (SSSR count). The van der Waals surface area contributed by atoms with Gasteiger partial charge in [0.15, 0.2) is 0 Å². The van der Waals surface area contributed by atoms with Crippen molar-refractivity contribution in [2.24, 2.45) is 0 Å². The van der Waals surface area contributed by atoms with E-state index in [0.717, 1.165) is 0 Å². The summed E-state index contributed by atoms with van der Waals surface area (Å²) in [5.41, 5.74) is 0. The van der Waals surface area contributed by atoms with Crippen LogP contribution in [0.15, 0.2) is 0 Å². The van der Waals surface area contributed by atoms with Gasteiger partial charge in [-0.15, -0.1) is 0 Å². The van der Waals surface area contributed by atoms with E-state index in [1.165, 1.54) is 6.92 Å². The predicted molar refractivity (Wildman–Crippen MR) is 48.1 cm³/mol. The lowest BCUT2D eigenvalue weighted by atomic mass is 10.0. The van der Waals surface area contributed by atoms with E-state index in [4.69, 9.17) is 10.2 Å². The lowest BCUT2D eigenvalue weighted by molar-refractivity contribution is -0.122. The molecule has 83 valence electrons. The van der Waals surface area contributed by atoms with Crippen molar-refractivity contribution < 1.29 is 25.2 Å². The molecular weight excluding hydrogens is 190 g/mol. The Kier molecular flexibility index (Phi) is 5.63. The van der Waals surface area contributed by atoms with Gasteiger partial charge >= 0.3 is 0 Å². The number of rotatable bonds is 5. The molecular formula is C8H16NO5. The third kappa shape index (κ3) is 4.01. The van der Waals surface area contributed by atoms with Crippen molar-refractivity contribution in [3.63, 3.8) is 0 Å². The van der Waals surface area contributed by atoms with Crippen LogP contribution in [0.3, 0.4) is 0 Å². The molecule has 0 aliphatic rings. The van der Waals surface area contributed by atoms with Gasteiger partial charge in [-0.3, -0.25) is 4.79 Å². The Bertz CT molecular complexity index is 187. The Labute approximate surface area is 82.2 Å². The average Bonchev–Trinajstić information content (AvgIpc) is 2.13. The monoisotopic (exact) mass is 206 g/mol. The predicted octanol–water partition coefficient (Wildman–Crippen LogP) is -2.60. The van der Waals surface area contributed by atoms with Crippen molar-refractivity contribution in [3.05, 3.63) is 6.92 Å². The normalized spacial score (nSPS) is 19.6. The summed E-state index contributed by atoms with van der Waals surface area (Å²) in [4.78, 5) is 10.6. The summed E-state index contributed by atoms with van der Waals surface area (Å²) in [6.45, 7) is 3.94. The minimum absolute atomic E-state index is 0.408. The minimum Gasteiger partial charge on any atom is -0.394 e. The molecule has 14 heavy (non-hydrogen) atoms. The summed E-state index contributed by atoms with van der Waals surface area (Å²) in [7, 11) is 0. The second kappa shape index (κ2) is 5.92. The molecule has 1 amide bonds. The molecule has 4 unspecified atom stereocenters. The number of hydrogen-bond acceptors (Lipinski definition) is 5. The minimum atomic E-state index is -1.55. The van der Waals surface area contributed by atoms with Gasteiger partial charge in [0.1, 0.15) is 18.3 Å². The number of nitrogens with one attached hydrogen (secondary N) is 1. The van der Waals surface area contributed by atoms with E-state index in [-0.39, 0.29) is 0 Å². The Hall–Kier alpha value is -0.690. The maximum atomic E-state index is 10.6. The Balaban J connectivity index is 4.15. The van der Waals surface area contributed by atoms with Gasteiger partial charge in [0.2, 0.25) is 5.91 Å². The summed E-state index contributed by atoms with van der Waals surface area (Å²) in [5.74, 6) is -0.408. The van der Waals surface area contributed by atoms with E-state index < -0.39 is 36.9 Å². The summed E-state index contributed by atoms with van der Waals surface area (Å²) in [5, 5.41) is 38.3. The van der Waals surface area contributed by atoms with E-state index >= 15 is 0 Å². The van der Waals surface area contributed by atoms with Crippen LogP contribution in [0.2, 0.25) is 0 Å². The highest BCUT2D eigenvalue weighted by molar-refractivity contribution is 5.73. The maximum Gasteiger partial charge on any atom is 0.217 e. The molecule has 0 heterocycles. The quantitative estimate of drug-likeness (QED) is 0.339. The van der Waals surface area contributed by atoms with Gasteiger partial charge in [0, 0.05) is 6.92 Å². The standard InChI is InChI=1S/C8H16NO5/c1-4(9-5(2)11)7(13)8(14)6(12)3-10/h4,6-8,10,12-14H,1,3H2,2H3,(H,9,11). The van der Waals surface area contributed by atoms with Crippen LogP contribution in [0.4, 0.5) is 0 Å². The molecule has 6 heteroatoms. The summed E-state index contributed by atoms with van der Waals surface area (Å²) >= 11 is 0. The molecule has 4 atom stereocenters. The molecule has 0 aliphatic heterocycles. The Morgan fingerprint density at radius 1 is 1.36 bits per heavy atom. The first kappa shape index (κ1) is 13.3. The van der Waals surface area contributed by atoms with Crippen LogP contribution >= 0.6 is 0 Å². The van der Waals surface area contributed by atoms with Crippen LogP contribution in [-0.4, -0.2) is 57.3 Å². The van der Waals surface area contributed by atoms with Crippen LogP contribution in [-0.2, 0) is 4.79 Å². The molecule has 0 spiro atoms. The van der Waals surface area contributed by atoms with Crippen molar-refractivity contribution >= 4 is 5.91 Å². The van der Waals surface area contributed by atoms with Crippen LogP contribution < -0.4 is 5.32 Å². The van der Waals surface area contributed by atoms with Gasteiger partial charge in [-0.25, -0.2) is 0 Å². The van der Waals surface area contributed by atoms with E-state index in [0.29, 0.717) is 0 Å². The van der Waals surface area contributed by atoms with E-state index in [9.17, 15) is 15.0 Å². The molecule has 0 fully saturated rings. The largest absolute Gasteiger partial charge is 0.394 e. The van der Waals surface area contributed by atoms with Crippen LogP contribution in [0.25, 0.3) is 0 Å². The molecule has 0 aliphatic carbocycles. The second-order valence-corrected chi connectivity index (χ2v) is 3.04. The number of carbonyl (C=O) groups is 1. The maximum absolute atomic E-state index is 10.6. The topological polar surface area (TPSA) is 110 Å². The van der Waals surface area contributed by atoms with Crippen LogP contribution in [0.1, 0.15) is 6.92 Å². The highest BCUT2D eigenvalue weighted by Crippen LogP contribution is 2.04. The zero-order chi connectivity index (χ0) is 11.3. The third-order valence-electron chi connectivity index (χ3n) is 1.73. The first-order valence-corrected chi connectivity index (χ1v) is 4.15. The van der Waals surface area contributed by atoms with Crippen molar-refractivity contribution in [1.29, 1.82) is 0 Å². The average molecular weight is 206 g/mol. The molecule has 0 saturated carbocycles. The van der Waals surface area contributed by atoms with E-state index in [2.05, 4.69) is 12.2 Å². The fraction of sp³-hybridized carbons (Fsp3) is 0.750. The molecule has 1 radical (unpaired) electrons. The first-order valence-electron chi connectivity index (χ1n) is 4.15. The first-order chi connectivity index (χ1) is 6.40. The van der Waals surface area contributed by atoms with Crippen LogP contribution in [0.5, 0.6) is 0 Å². The lowest BCUT2D eigenvalue weighted by Crippen LogP contribution is -2.51. The number of aliphatic hydroxyl groups excluding tert-OH is 4. The number of hydrogen-bond donors (Lipinski definition) is 5. The molecule has 0 aromatic heterocycles. The third-order valence-corrected chi connectivity index (χ3v) is 1.73. The summed E-state index contributed by atoms with van der Waals surface area (Å²) in [6, 6.07) is -0.941.